The first kappa shape index (κ1) is 11.4. The smallest absolute Gasteiger partial charge is 0.0583 e. The lowest BCUT2D eigenvalue weighted by Crippen LogP contribution is -2.13. The molecule has 1 heterocycles. The van der Waals surface area contributed by atoms with E-state index >= 15 is 0 Å². The van der Waals surface area contributed by atoms with Gasteiger partial charge in [0.05, 0.1) is 12.2 Å². The molecule has 0 atom stereocenters. The van der Waals surface area contributed by atoms with Gasteiger partial charge in [-0.05, 0) is 24.3 Å². The van der Waals surface area contributed by atoms with Crippen molar-refractivity contribution in [1.82, 2.24) is 10.3 Å². The Morgan fingerprint density at radius 2 is 1.82 bits per heavy atom. The minimum absolute atomic E-state index is 0.672. The average Bonchev–Trinajstić information content (AvgIpc) is 2.41. The van der Waals surface area contributed by atoms with Gasteiger partial charge in [-0.25, -0.2) is 0 Å². The zero-order valence-electron chi connectivity index (χ0n) is 9.56. The van der Waals surface area contributed by atoms with E-state index in [9.17, 15) is 0 Å². The molecule has 0 fully saturated rings. The second-order valence-corrected chi connectivity index (χ2v) is 3.59. The Morgan fingerprint density at radius 3 is 2.59 bits per heavy atom. The third-order valence-electron chi connectivity index (χ3n) is 2.25. The minimum atomic E-state index is 0.672. The van der Waals surface area contributed by atoms with Gasteiger partial charge in [-0.15, -0.1) is 0 Å². The van der Waals surface area contributed by atoms with Crippen LogP contribution in [0.2, 0.25) is 0 Å². The summed E-state index contributed by atoms with van der Waals surface area (Å²) in [6.45, 7) is 1.43. The predicted molar refractivity (Wildman–Crippen MR) is 69.3 cm³/mol. The predicted octanol–water partition coefficient (Wildman–Crippen LogP) is 2.22. The van der Waals surface area contributed by atoms with Crippen molar-refractivity contribution < 1.29 is 0 Å². The summed E-state index contributed by atoms with van der Waals surface area (Å²) >= 11 is 0. The van der Waals surface area contributed by atoms with Crippen molar-refractivity contribution in [2.75, 3.05) is 6.54 Å². The van der Waals surface area contributed by atoms with Crippen molar-refractivity contribution in [2.24, 2.45) is 0 Å². The summed E-state index contributed by atoms with van der Waals surface area (Å²) in [5, 5.41) is 3.24. The number of nitrogens with one attached hydrogen (secondary N) is 1. The van der Waals surface area contributed by atoms with Gasteiger partial charge >= 0.3 is 0 Å². The van der Waals surface area contributed by atoms with Crippen molar-refractivity contribution in [3.63, 3.8) is 0 Å². The van der Waals surface area contributed by atoms with E-state index in [4.69, 9.17) is 0 Å². The molecule has 1 aromatic carbocycles. The molecule has 0 radical (unpaired) electrons. The van der Waals surface area contributed by atoms with Crippen LogP contribution >= 0.6 is 0 Å². The fraction of sp³-hybridized carbons (Fsp3) is 0.133. The number of hydrogen-bond donors (Lipinski definition) is 1. The van der Waals surface area contributed by atoms with Crippen LogP contribution < -0.4 is 5.32 Å². The van der Waals surface area contributed by atoms with Crippen molar-refractivity contribution in [3.05, 3.63) is 66.0 Å². The van der Waals surface area contributed by atoms with Gasteiger partial charge < -0.3 is 5.32 Å². The maximum absolute atomic E-state index is 4.22. The van der Waals surface area contributed by atoms with Crippen LogP contribution in [-0.2, 0) is 6.54 Å². The molecule has 0 aliphatic heterocycles. The number of rotatable bonds is 3. The maximum atomic E-state index is 4.22. The fourth-order valence-electron chi connectivity index (χ4n) is 1.42. The third kappa shape index (κ3) is 4.10. The molecule has 0 unspecified atom stereocenters. The number of aromatic nitrogens is 1. The molecule has 0 saturated heterocycles. The molecule has 0 spiro atoms. The summed E-state index contributed by atoms with van der Waals surface area (Å²) in [6.07, 6.45) is 1.80. The van der Waals surface area contributed by atoms with Crippen LogP contribution in [0.1, 0.15) is 11.3 Å². The van der Waals surface area contributed by atoms with Crippen LogP contribution in [0.25, 0.3) is 0 Å². The zero-order valence-corrected chi connectivity index (χ0v) is 9.56. The number of pyridine rings is 1. The van der Waals surface area contributed by atoms with E-state index in [1.807, 2.05) is 48.5 Å². The topological polar surface area (TPSA) is 24.9 Å². The molecule has 0 aliphatic rings. The monoisotopic (exact) mass is 222 g/mol. The van der Waals surface area contributed by atoms with E-state index in [0.29, 0.717) is 6.54 Å². The highest BCUT2D eigenvalue weighted by molar-refractivity contribution is 5.33. The second-order valence-electron chi connectivity index (χ2n) is 3.59. The lowest BCUT2D eigenvalue weighted by atomic mass is 10.2. The Balaban J connectivity index is 1.76. The van der Waals surface area contributed by atoms with Crippen LogP contribution in [0.15, 0.2) is 54.7 Å². The van der Waals surface area contributed by atoms with Crippen LogP contribution in [0.3, 0.4) is 0 Å². The summed E-state index contributed by atoms with van der Waals surface area (Å²) in [6, 6.07) is 15.9. The van der Waals surface area contributed by atoms with E-state index in [1.54, 1.807) is 6.20 Å². The molecule has 2 rings (SSSR count). The van der Waals surface area contributed by atoms with Crippen LogP contribution in [0, 0.1) is 11.8 Å². The van der Waals surface area contributed by atoms with Crippen molar-refractivity contribution in [3.8, 4) is 11.8 Å². The molecular weight excluding hydrogens is 208 g/mol. The van der Waals surface area contributed by atoms with Crippen molar-refractivity contribution in [1.29, 1.82) is 0 Å². The fourth-order valence-corrected chi connectivity index (χ4v) is 1.42. The molecular formula is C15H14N2. The highest BCUT2D eigenvalue weighted by Crippen LogP contribution is 1.94. The molecule has 1 N–H and O–H groups in total. The van der Waals surface area contributed by atoms with Gasteiger partial charge in [0.15, 0.2) is 0 Å². The highest BCUT2D eigenvalue weighted by Gasteiger charge is 1.89. The Morgan fingerprint density at radius 1 is 1.00 bits per heavy atom. The lowest BCUT2D eigenvalue weighted by Gasteiger charge is -1.98. The minimum Gasteiger partial charge on any atom is -0.301 e. The van der Waals surface area contributed by atoms with E-state index < -0.39 is 0 Å². The summed E-state index contributed by atoms with van der Waals surface area (Å²) in [5.41, 5.74) is 2.08. The van der Waals surface area contributed by atoms with E-state index in [0.717, 1.165) is 17.8 Å². The van der Waals surface area contributed by atoms with Gasteiger partial charge in [0, 0.05) is 18.3 Å². The molecule has 2 heteroatoms. The largest absolute Gasteiger partial charge is 0.301 e. The quantitative estimate of drug-likeness (QED) is 0.636. The molecule has 0 saturated carbocycles. The SMILES string of the molecule is C(#Cc1ccccc1)CNCc1ccccn1. The molecule has 0 aliphatic carbocycles. The van der Waals surface area contributed by atoms with Gasteiger partial charge in [-0.2, -0.15) is 0 Å². The number of benzene rings is 1. The Hall–Kier alpha value is -2.11. The highest BCUT2D eigenvalue weighted by atomic mass is 14.9. The third-order valence-corrected chi connectivity index (χ3v) is 2.25. The van der Waals surface area contributed by atoms with E-state index in [1.165, 1.54) is 0 Å². The van der Waals surface area contributed by atoms with E-state index in [-0.39, 0.29) is 0 Å². The van der Waals surface area contributed by atoms with Gasteiger partial charge in [-0.3, -0.25) is 4.98 Å². The average molecular weight is 222 g/mol. The molecule has 17 heavy (non-hydrogen) atoms. The first-order valence-electron chi connectivity index (χ1n) is 5.60. The number of nitrogens with zero attached hydrogens (tertiary/aromatic N) is 1. The lowest BCUT2D eigenvalue weighted by molar-refractivity contribution is 0.749. The van der Waals surface area contributed by atoms with Gasteiger partial charge in [0.1, 0.15) is 0 Å². The molecule has 0 bridgehead atoms. The Kier molecular flexibility index (Phi) is 4.33. The zero-order chi connectivity index (χ0) is 11.8. The van der Waals surface area contributed by atoms with Crippen molar-refractivity contribution >= 4 is 0 Å². The van der Waals surface area contributed by atoms with Crippen LogP contribution in [0.4, 0.5) is 0 Å². The first-order chi connectivity index (χ1) is 8.45. The standard InChI is InChI=1S/C15H14N2/c1-2-7-14(8-3-1)9-6-11-16-13-15-10-4-5-12-17-15/h1-5,7-8,10,12,16H,11,13H2. The summed E-state index contributed by atoms with van der Waals surface area (Å²) in [5.74, 6) is 6.18. The normalized spacial score (nSPS) is 9.41. The van der Waals surface area contributed by atoms with Crippen LogP contribution in [0.5, 0.6) is 0 Å². The van der Waals surface area contributed by atoms with Gasteiger partial charge in [0.25, 0.3) is 0 Å². The summed E-state index contributed by atoms with van der Waals surface area (Å²) in [4.78, 5) is 4.22. The first-order valence-corrected chi connectivity index (χ1v) is 5.60. The Labute approximate surface area is 102 Å². The molecule has 1 aromatic heterocycles. The van der Waals surface area contributed by atoms with Gasteiger partial charge in [0.2, 0.25) is 0 Å². The maximum Gasteiger partial charge on any atom is 0.0583 e. The molecule has 0 amide bonds. The summed E-state index contributed by atoms with van der Waals surface area (Å²) < 4.78 is 0. The van der Waals surface area contributed by atoms with Gasteiger partial charge in [-0.1, -0.05) is 36.1 Å². The molecule has 84 valence electrons. The number of hydrogen-bond acceptors (Lipinski definition) is 2. The van der Waals surface area contributed by atoms with Crippen LogP contribution in [-0.4, -0.2) is 11.5 Å². The van der Waals surface area contributed by atoms with E-state index in [2.05, 4.69) is 22.1 Å². The Bertz CT molecular complexity index is 495. The molecule has 2 nitrogen and oxygen atoms in total. The second kappa shape index (κ2) is 6.47. The van der Waals surface area contributed by atoms with Crippen molar-refractivity contribution in [2.45, 2.75) is 6.54 Å². The summed E-state index contributed by atoms with van der Waals surface area (Å²) in [7, 11) is 0. The molecule has 2 aromatic rings.